The fraction of sp³-hybridized carbons (Fsp3) is 0.167. The van der Waals surface area contributed by atoms with E-state index >= 15 is 0 Å². The summed E-state index contributed by atoms with van der Waals surface area (Å²) in [5, 5.41) is 7.16. The van der Waals surface area contributed by atoms with E-state index in [4.69, 9.17) is 23.2 Å². The second-order valence-electron chi connectivity index (χ2n) is 5.41. The summed E-state index contributed by atoms with van der Waals surface area (Å²) in [7, 11) is 0. The molecule has 2 amide bonds. The number of hydrogen-bond donors (Lipinski definition) is 2. The molecule has 0 atom stereocenters. The molecule has 5 nitrogen and oxygen atoms in total. The first-order valence-electron chi connectivity index (χ1n) is 7.50. The second kappa shape index (κ2) is 8.65. The summed E-state index contributed by atoms with van der Waals surface area (Å²) in [6.45, 7) is 3.56. The number of hydrogen-bond acceptors (Lipinski definition) is 3. The number of carbonyl (C=O) groups excluding carboxylic acids is 2. The van der Waals surface area contributed by atoms with E-state index in [9.17, 15) is 9.59 Å². The SMILES string of the molecule is CC(=NNC(=O)CNC(=O)c1ccc(Cl)cc1Cl)c1ccc(C)cc1. The van der Waals surface area contributed by atoms with Crippen molar-refractivity contribution in [3.05, 3.63) is 69.2 Å². The molecule has 0 aliphatic rings. The normalized spacial score (nSPS) is 11.1. The highest BCUT2D eigenvalue weighted by Gasteiger charge is 2.12. The second-order valence-corrected chi connectivity index (χ2v) is 6.25. The average molecular weight is 378 g/mol. The number of rotatable bonds is 5. The summed E-state index contributed by atoms with van der Waals surface area (Å²) in [5.74, 6) is -0.902. The zero-order chi connectivity index (χ0) is 18.4. The van der Waals surface area contributed by atoms with E-state index in [2.05, 4.69) is 15.8 Å². The Morgan fingerprint density at radius 2 is 1.76 bits per heavy atom. The molecule has 0 radical (unpaired) electrons. The van der Waals surface area contributed by atoms with Crippen LogP contribution < -0.4 is 10.7 Å². The zero-order valence-electron chi connectivity index (χ0n) is 13.8. The molecule has 0 unspecified atom stereocenters. The molecule has 7 heteroatoms. The van der Waals surface area contributed by atoms with Crippen LogP contribution in [0.15, 0.2) is 47.6 Å². The van der Waals surface area contributed by atoms with Crippen molar-refractivity contribution in [1.82, 2.24) is 10.7 Å². The van der Waals surface area contributed by atoms with Gasteiger partial charge in [-0.1, -0.05) is 53.0 Å². The third kappa shape index (κ3) is 5.59. The van der Waals surface area contributed by atoms with Crippen LogP contribution in [0.4, 0.5) is 0 Å². The number of benzene rings is 2. The van der Waals surface area contributed by atoms with Crippen molar-refractivity contribution in [2.75, 3.05) is 6.54 Å². The minimum Gasteiger partial charge on any atom is -0.343 e. The lowest BCUT2D eigenvalue weighted by molar-refractivity contribution is -0.120. The van der Waals surface area contributed by atoms with Gasteiger partial charge in [-0.05, 0) is 37.6 Å². The molecule has 0 bridgehead atoms. The maximum atomic E-state index is 12.0. The first-order valence-corrected chi connectivity index (χ1v) is 8.26. The minimum atomic E-state index is -0.462. The van der Waals surface area contributed by atoms with Gasteiger partial charge in [0.1, 0.15) is 0 Å². The van der Waals surface area contributed by atoms with Crippen LogP contribution in [0.25, 0.3) is 0 Å². The Labute approximate surface area is 156 Å². The molecule has 0 heterocycles. The van der Waals surface area contributed by atoms with E-state index in [-0.39, 0.29) is 17.1 Å². The van der Waals surface area contributed by atoms with Crippen molar-refractivity contribution >= 4 is 40.7 Å². The lowest BCUT2D eigenvalue weighted by Crippen LogP contribution is -2.35. The molecule has 2 aromatic carbocycles. The number of nitrogens with one attached hydrogen (secondary N) is 2. The monoisotopic (exact) mass is 377 g/mol. The Kier molecular flexibility index (Phi) is 6.56. The largest absolute Gasteiger partial charge is 0.343 e. The van der Waals surface area contributed by atoms with Gasteiger partial charge in [0.25, 0.3) is 11.8 Å². The number of amides is 2. The Hall–Kier alpha value is -2.37. The van der Waals surface area contributed by atoms with E-state index in [1.54, 1.807) is 13.0 Å². The third-order valence-electron chi connectivity index (χ3n) is 3.40. The zero-order valence-corrected chi connectivity index (χ0v) is 15.3. The van der Waals surface area contributed by atoms with Crippen molar-refractivity contribution in [2.45, 2.75) is 13.8 Å². The van der Waals surface area contributed by atoms with E-state index < -0.39 is 11.8 Å². The predicted molar refractivity (Wildman–Crippen MR) is 100 cm³/mol. The number of nitrogens with zero attached hydrogens (tertiary/aromatic N) is 1. The molecule has 0 fully saturated rings. The third-order valence-corrected chi connectivity index (χ3v) is 3.95. The molecular formula is C18H17Cl2N3O2. The maximum absolute atomic E-state index is 12.0. The van der Waals surface area contributed by atoms with Gasteiger partial charge in [-0.25, -0.2) is 5.43 Å². The number of hydrazone groups is 1. The Morgan fingerprint density at radius 3 is 2.40 bits per heavy atom. The van der Waals surface area contributed by atoms with Crippen LogP contribution in [0, 0.1) is 6.92 Å². The number of halogens is 2. The summed E-state index contributed by atoms with van der Waals surface area (Å²) >= 11 is 11.7. The quantitative estimate of drug-likeness (QED) is 0.617. The average Bonchev–Trinajstić information content (AvgIpc) is 2.58. The van der Waals surface area contributed by atoms with E-state index in [0.717, 1.165) is 11.1 Å². The fourth-order valence-corrected chi connectivity index (χ4v) is 2.47. The highest BCUT2D eigenvalue weighted by atomic mass is 35.5. The van der Waals surface area contributed by atoms with Gasteiger partial charge in [0.15, 0.2) is 0 Å². The van der Waals surface area contributed by atoms with Crippen LogP contribution in [0.2, 0.25) is 10.0 Å². The number of aryl methyl sites for hydroxylation is 1. The van der Waals surface area contributed by atoms with Gasteiger partial charge >= 0.3 is 0 Å². The Bertz CT molecular complexity index is 818. The summed E-state index contributed by atoms with van der Waals surface area (Å²) in [6.07, 6.45) is 0. The Morgan fingerprint density at radius 1 is 1.08 bits per heavy atom. The van der Waals surface area contributed by atoms with Crippen molar-refractivity contribution in [2.24, 2.45) is 5.10 Å². The van der Waals surface area contributed by atoms with Crippen molar-refractivity contribution in [3.63, 3.8) is 0 Å². The van der Waals surface area contributed by atoms with Gasteiger partial charge in [0.2, 0.25) is 0 Å². The standard InChI is InChI=1S/C18H17Cl2N3O2/c1-11-3-5-13(6-4-11)12(2)22-23-17(24)10-21-18(25)15-8-7-14(19)9-16(15)20/h3-9H,10H2,1-2H3,(H,21,25)(H,23,24). The van der Waals surface area contributed by atoms with Crippen LogP contribution >= 0.6 is 23.2 Å². The van der Waals surface area contributed by atoms with Crippen molar-refractivity contribution in [1.29, 1.82) is 0 Å². The molecule has 0 aliphatic heterocycles. The predicted octanol–water partition coefficient (Wildman–Crippen LogP) is 3.57. The van der Waals surface area contributed by atoms with Crippen LogP contribution in [0.5, 0.6) is 0 Å². The van der Waals surface area contributed by atoms with Gasteiger partial charge in [-0.2, -0.15) is 5.10 Å². The molecule has 0 spiro atoms. The van der Waals surface area contributed by atoms with Gasteiger partial charge in [0.05, 0.1) is 22.8 Å². The molecule has 0 aromatic heterocycles. The van der Waals surface area contributed by atoms with E-state index in [1.807, 2.05) is 31.2 Å². The summed E-state index contributed by atoms with van der Waals surface area (Å²) in [5.41, 5.74) is 5.37. The first kappa shape index (κ1) is 19.0. The first-order chi connectivity index (χ1) is 11.9. The highest BCUT2D eigenvalue weighted by Crippen LogP contribution is 2.20. The highest BCUT2D eigenvalue weighted by molar-refractivity contribution is 6.36. The smallest absolute Gasteiger partial charge is 0.259 e. The summed E-state index contributed by atoms with van der Waals surface area (Å²) in [6, 6.07) is 12.3. The van der Waals surface area contributed by atoms with Crippen LogP contribution in [0.1, 0.15) is 28.4 Å². The van der Waals surface area contributed by atoms with Crippen LogP contribution in [0.3, 0.4) is 0 Å². The van der Waals surface area contributed by atoms with E-state index in [1.165, 1.54) is 12.1 Å². The van der Waals surface area contributed by atoms with Crippen LogP contribution in [-0.4, -0.2) is 24.1 Å². The number of carbonyl (C=O) groups is 2. The van der Waals surface area contributed by atoms with Gasteiger partial charge < -0.3 is 5.32 Å². The van der Waals surface area contributed by atoms with Gasteiger partial charge in [0, 0.05) is 5.02 Å². The summed E-state index contributed by atoms with van der Waals surface area (Å²) in [4.78, 5) is 23.8. The molecule has 25 heavy (non-hydrogen) atoms. The Balaban J connectivity index is 1.88. The van der Waals surface area contributed by atoms with Gasteiger partial charge in [-0.15, -0.1) is 0 Å². The summed E-state index contributed by atoms with van der Waals surface area (Å²) < 4.78 is 0. The molecule has 0 aliphatic carbocycles. The molecule has 2 aromatic rings. The topological polar surface area (TPSA) is 70.6 Å². The van der Waals surface area contributed by atoms with Gasteiger partial charge in [-0.3, -0.25) is 9.59 Å². The molecule has 2 N–H and O–H groups in total. The van der Waals surface area contributed by atoms with Crippen LogP contribution in [-0.2, 0) is 4.79 Å². The lowest BCUT2D eigenvalue weighted by Gasteiger charge is -2.07. The maximum Gasteiger partial charge on any atom is 0.259 e. The fourth-order valence-electron chi connectivity index (χ4n) is 1.97. The minimum absolute atomic E-state index is 0.220. The molecule has 0 saturated carbocycles. The molecule has 2 rings (SSSR count). The van der Waals surface area contributed by atoms with Crippen molar-refractivity contribution < 1.29 is 9.59 Å². The molecular weight excluding hydrogens is 361 g/mol. The van der Waals surface area contributed by atoms with Crippen molar-refractivity contribution in [3.8, 4) is 0 Å². The molecule has 130 valence electrons. The molecule has 0 saturated heterocycles. The lowest BCUT2D eigenvalue weighted by atomic mass is 10.1. The van der Waals surface area contributed by atoms with E-state index in [0.29, 0.717) is 10.7 Å².